The van der Waals surface area contributed by atoms with Crippen molar-refractivity contribution in [2.24, 2.45) is 0 Å². The molecule has 1 saturated heterocycles. The second-order valence-electron chi connectivity index (χ2n) is 6.02. The summed E-state index contributed by atoms with van der Waals surface area (Å²) in [6, 6.07) is 6.33. The van der Waals surface area contributed by atoms with Gasteiger partial charge < -0.3 is 15.3 Å². The first-order valence-electron chi connectivity index (χ1n) is 7.40. The van der Waals surface area contributed by atoms with E-state index in [1.54, 1.807) is 17.0 Å². The van der Waals surface area contributed by atoms with E-state index < -0.39 is 5.60 Å². The summed E-state index contributed by atoms with van der Waals surface area (Å²) < 4.78 is 12.9. The first kappa shape index (κ1) is 15.9. The fourth-order valence-corrected chi connectivity index (χ4v) is 2.56. The lowest BCUT2D eigenvalue weighted by atomic mass is 9.91. The highest BCUT2D eigenvalue weighted by Gasteiger charge is 2.41. The molecule has 0 aliphatic carbocycles. The third-order valence-corrected chi connectivity index (χ3v) is 3.79. The van der Waals surface area contributed by atoms with E-state index in [0.717, 1.165) is 12.0 Å². The Bertz CT molecular complexity index is 490. The summed E-state index contributed by atoms with van der Waals surface area (Å²) in [5, 5.41) is 13.7. The Morgan fingerprint density at radius 3 is 2.67 bits per heavy atom. The molecule has 0 unspecified atom stereocenters. The molecule has 1 atom stereocenters. The molecule has 1 heterocycles. The number of hydrogen-bond donors (Lipinski definition) is 2. The molecule has 2 N–H and O–H groups in total. The molecule has 4 nitrogen and oxygen atoms in total. The van der Waals surface area contributed by atoms with Crippen LogP contribution in [0.2, 0.25) is 0 Å². The molecule has 1 aromatic carbocycles. The zero-order valence-corrected chi connectivity index (χ0v) is 12.6. The molecule has 1 aliphatic heterocycles. The smallest absolute Gasteiger partial charge is 0.256 e. The monoisotopic (exact) mass is 294 g/mol. The summed E-state index contributed by atoms with van der Waals surface area (Å²) in [7, 11) is 0. The number of likely N-dealkylation sites (tertiary alicyclic amines) is 1. The molecule has 116 valence electrons. The second-order valence-corrected chi connectivity index (χ2v) is 6.02. The molecule has 0 bridgehead atoms. The summed E-state index contributed by atoms with van der Waals surface area (Å²) in [4.78, 5) is 14.1. The second kappa shape index (κ2) is 6.54. The van der Waals surface area contributed by atoms with Crippen LogP contribution in [0.3, 0.4) is 0 Å². The lowest BCUT2D eigenvalue weighted by molar-refractivity contribution is -0.157. The molecular formula is C16H23FN2O2. The van der Waals surface area contributed by atoms with Crippen molar-refractivity contribution < 1.29 is 14.3 Å². The molecule has 1 fully saturated rings. The van der Waals surface area contributed by atoms with Crippen molar-refractivity contribution >= 4 is 5.91 Å². The molecule has 1 amide bonds. The van der Waals surface area contributed by atoms with Gasteiger partial charge in [-0.15, -0.1) is 0 Å². The lowest BCUT2D eigenvalue weighted by Gasteiger charge is -2.38. The third-order valence-electron chi connectivity index (χ3n) is 3.79. The summed E-state index contributed by atoms with van der Waals surface area (Å²) >= 11 is 0. The van der Waals surface area contributed by atoms with Crippen LogP contribution in [0, 0.1) is 5.82 Å². The van der Waals surface area contributed by atoms with Gasteiger partial charge in [-0.1, -0.05) is 26.0 Å². The van der Waals surface area contributed by atoms with Crippen LogP contribution in [-0.2, 0) is 11.3 Å². The first-order chi connectivity index (χ1) is 9.90. The van der Waals surface area contributed by atoms with Crippen LogP contribution in [0.15, 0.2) is 24.3 Å². The maximum absolute atomic E-state index is 12.9. The number of amides is 1. The van der Waals surface area contributed by atoms with Crippen molar-refractivity contribution in [2.75, 3.05) is 13.1 Å². The topological polar surface area (TPSA) is 52.6 Å². The minimum atomic E-state index is -1.33. The number of halogens is 1. The number of carbonyl (C=O) groups excluding carboxylic acids is 1. The molecule has 0 saturated carbocycles. The molecule has 0 spiro atoms. The van der Waals surface area contributed by atoms with E-state index in [0.29, 0.717) is 19.5 Å². The van der Waals surface area contributed by atoms with Crippen molar-refractivity contribution in [1.82, 2.24) is 10.2 Å². The van der Waals surface area contributed by atoms with E-state index >= 15 is 0 Å². The van der Waals surface area contributed by atoms with Crippen LogP contribution in [0.1, 0.15) is 32.3 Å². The van der Waals surface area contributed by atoms with Gasteiger partial charge >= 0.3 is 0 Å². The normalized spacial score (nSPS) is 22.9. The Kier molecular flexibility index (Phi) is 4.96. The minimum absolute atomic E-state index is 0.217. The van der Waals surface area contributed by atoms with Gasteiger partial charge in [-0.3, -0.25) is 4.79 Å². The van der Waals surface area contributed by atoms with E-state index in [1.807, 2.05) is 13.8 Å². The Morgan fingerprint density at radius 2 is 2.05 bits per heavy atom. The van der Waals surface area contributed by atoms with Crippen LogP contribution < -0.4 is 5.32 Å². The highest BCUT2D eigenvalue weighted by molar-refractivity contribution is 5.86. The number of nitrogens with one attached hydrogen (secondary N) is 1. The number of hydrogen-bond acceptors (Lipinski definition) is 3. The van der Waals surface area contributed by atoms with Crippen molar-refractivity contribution in [3.63, 3.8) is 0 Å². The van der Waals surface area contributed by atoms with Crippen LogP contribution >= 0.6 is 0 Å². The largest absolute Gasteiger partial charge is 0.379 e. The SMILES string of the molecule is CC(C)NC[C@@]1(O)CCCN(Cc2ccc(F)cc2)C1=O. The zero-order chi connectivity index (χ0) is 15.5. The molecular weight excluding hydrogens is 271 g/mol. The van der Waals surface area contributed by atoms with E-state index in [-0.39, 0.29) is 24.3 Å². The van der Waals surface area contributed by atoms with Gasteiger partial charge in [0.25, 0.3) is 5.91 Å². The molecule has 0 aromatic heterocycles. The van der Waals surface area contributed by atoms with Crippen LogP contribution in [0.25, 0.3) is 0 Å². The Morgan fingerprint density at radius 1 is 1.38 bits per heavy atom. The minimum Gasteiger partial charge on any atom is -0.379 e. The Balaban J connectivity index is 2.03. The third kappa shape index (κ3) is 4.02. The molecule has 1 aliphatic rings. The maximum atomic E-state index is 12.9. The molecule has 21 heavy (non-hydrogen) atoms. The van der Waals surface area contributed by atoms with E-state index in [2.05, 4.69) is 5.32 Å². The Hall–Kier alpha value is -1.46. The van der Waals surface area contributed by atoms with Gasteiger partial charge in [0.1, 0.15) is 5.82 Å². The Labute approximate surface area is 125 Å². The number of benzene rings is 1. The standard InChI is InChI=1S/C16H23FN2O2/c1-12(2)18-11-16(21)8-3-9-19(15(16)20)10-13-4-6-14(17)7-5-13/h4-7,12,18,21H,3,8-11H2,1-2H3/t16-/m0/s1. The van der Waals surface area contributed by atoms with Crippen molar-refractivity contribution in [3.8, 4) is 0 Å². The maximum Gasteiger partial charge on any atom is 0.256 e. The number of piperidine rings is 1. The highest BCUT2D eigenvalue weighted by atomic mass is 19.1. The van der Waals surface area contributed by atoms with Crippen molar-refractivity contribution in [2.45, 2.75) is 44.9 Å². The molecule has 2 rings (SSSR count). The van der Waals surface area contributed by atoms with Gasteiger partial charge in [-0.2, -0.15) is 0 Å². The first-order valence-corrected chi connectivity index (χ1v) is 7.40. The van der Waals surface area contributed by atoms with Crippen LogP contribution in [0.5, 0.6) is 0 Å². The highest BCUT2D eigenvalue weighted by Crippen LogP contribution is 2.24. The summed E-state index contributed by atoms with van der Waals surface area (Å²) in [5.41, 5.74) is -0.464. The summed E-state index contributed by atoms with van der Waals surface area (Å²) in [6.45, 7) is 5.26. The number of rotatable bonds is 5. The molecule has 5 heteroatoms. The van der Waals surface area contributed by atoms with Crippen LogP contribution in [-0.4, -0.2) is 40.6 Å². The molecule has 0 radical (unpaired) electrons. The fraction of sp³-hybridized carbons (Fsp3) is 0.562. The van der Waals surface area contributed by atoms with Gasteiger partial charge in [0.15, 0.2) is 5.60 Å². The number of nitrogens with zero attached hydrogens (tertiary/aromatic N) is 1. The van der Waals surface area contributed by atoms with Gasteiger partial charge in [-0.05, 0) is 30.5 Å². The van der Waals surface area contributed by atoms with E-state index in [4.69, 9.17) is 0 Å². The summed E-state index contributed by atoms with van der Waals surface area (Å²) in [6.07, 6.45) is 1.24. The van der Waals surface area contributed by atoms with E-state index in [1.165, 1.54) is 12.1 Å². The quantitative estimate of drug-likeness (QED) is 0.868. The van der Waals surface area contributed by atoms with Crippen molar-refractivity contribution in [3.05, 3.63) is 35.6 Å². The number of aliphatic hydroxyl groups is 1. The predicted molar refractivity (Wildman–Crippen MR) is 79.1 cm³/mol. The molecule has 1 aromatic rings. The zero-order valence-electron chi connectivity index (χ0n) is 12.6. The fourth-order valence-electron chi connectivity index (χ4n) is 2.56. The van der Waals surface area contributed by atoms with Gasteiger partial charge in [0.2, 0.25) is 0 Å². The average molecular weight is 294 g/mol. The van der Waals surface area contributed by atoms with E-state index in [9.17, 15) is 14.3 Å². The summed E-state index contributed by atoms with van der Waals surface area (Å²) in [5.74, 6) is -0.535. The van der Waals surface area contributed by atoms with Crippen LogP contribution in [0.4, 0.5) is 4.39 Å². The van der Waals surface area contributed by atoms with Gasteiger partial charge in [0.05, 0.1) is 0 Å². The predicted octanol–water partition coefficient (Wildman–Crippen LogP) is 1.68. The number of carbonyl (C=O) groups is 1. The van der Waals surface area contributed by atoms with Gasteiger partial charge in [0, 0.05) is 25.7 Å². The van der Waals surface area contributed by atoms with Crippen molar-refractivity contribution in [1.29, 1.82) is 0 Å². The lowest BCUT2D eigenvalue weighted by Crippen LogP contribution is -2.58. The van der Waals surface area contributed by atoms with Gasteiger partial charge in [-0.25, -0.2) is 4.39 Å². The average Bonchev–Trinajstić information content (AvgIpc) is 2.44.